The van der Waals surface area contributed by atoms with Gasteiger partial charge in [-0.15, -0.1) is 0 Å². The predicted molar refractivity (Wildman–Crippen MR) is 82.5 cm³/mol. The molecule has 3 N–H and O–H groups in total. The molecule has 2 unspecified atom stereocenters. The standard InChI is InChI=1S/C17H21NO3/c1-17(16(19)12-18,13-6-4-3-5-7-13)21-15-10-8-14(20-2)9-11-15/h3-11,16,19H,12,18H2,1-2H3. The SMILES string of the molecule is COc1ccc(OC(C)(c2ccccc2)C(O)CN)cc1. The highest BCUT2D eigenvalue weighted by Crippen LogP contribution is 2.32. The molecule has 0 aliphatic heterocycles. The van der Waals surface area contributed by atoms with E-state index >= 15 is 0 Å². The maximum atomic E-state index is 10.3. The molecule has 4 heteroatoms. The number of benzene rings is 2. The van der Waals surface area contributed by atoms with Gasteiger partial charge in [0.25, 0.3) is 0 Å². The number of nitrogens with two attached hydrogens (primary N) is 1. The monoisotopic (exact) mass is 287 g/mol. The van der Waals surface area contributed by atoms with Crippen molar-refractivity contribution in [2.24, 2.45) is 5.73 Å². The van der Waals surface area contributed by atoms with Crippen molar-refractivity contribution in [1.29, 1.82) is 0 Å². The highest BCUT2D eigenvalue weighted by atomic mass is 16.5. The van der Waals surface area contributed by atoms with Crippen LogP contribution < -0.4 is 15.2 Å². The molecule has 0 aliphatic carbocycles. The summed E-state index contributed by atoms with van der Waals surface area (Å²) in [5, 5.41) is 10.3. The van der Waals surface area contributed by atoms with E-state index in [-0.39, 0.29) is 6.54 Å². The van der Waals surface area contributed by atoms with E-state index in [0.717, 1.165) is 11.3 Å². The summed E-state index contributed by atoms with van der Waals surface area (Å²) in [6, 6.07) is 16.8. The molecule has 0 saturated carbocycles. The number of hydrogen-bond acceptors (Lipinski definition) is 4. The summed E-state index contributed by atoms with van der Waals surface area (Å²) >= 11 is 0. The Morgan fingerprint density at radius 3 is 2.14 bits per heavy atom. The van der Waals surface area contributed by atoms with Crippen molar-refractivity contribution in [3.8, 4) is 11.5 Å². The molecule has 4 nitrogen and oxygen atoms in total. The maximum Gasteiger partial charge on any atom is 0.158 e. The average Bonchev–Trinajstić information content (AvgIpc) is 2.55. The molecular formula is C17H21NO3. The van der Waals surface area contributed by atoms with Crippen LogP contribution >= 0.6 is 0 Å². The van der Waals surface area contributed by atoms with E-state index in [4.69, 9.17) is 15.2 Å². The number of methoxy groups -OCH3 is 1. The largest absolute Gasteiger partial charge is 0.497 e. The van der Waals surface area contributed by atoms with Crippen molar-refractivity contribution in [3.05, 3.63) is 60.2 Å². The molecule has 0 aliphatic rings. The summed E-state index contributed by atoms with van der Waals surface area (Å²) in [4.78, 5) is 0. The lowest BCUT2D eigenvalue weighted by atomic mass is 9.89. The molecule has 112 valence electrons. The fourth-order valence-corrected chi connectivity index (χ4v) is 2.20. The molecule has 2 aromatic carbocycles. The molecule has 2 atom stereocenters. The van der Waals surface area contributed by atoms with E-state index in [1.807, 2.05) is 61.5 Å². The summed E-state index contributed by atoms with van der Waals surface area (Å²) < 4.78 is 11.2. The molecule has 21 heavy (non-hydrogen) atoms. The zero-order valence-electron chi connectivity index (χ0n) is 12.3. The first kappa shape index (κ1) is 15.4. The average molecular weight is 287 g/mol. The van der Waals surface area contributed by atoms with Gasteiger partial charge in [0.05, 0.1) is 7.11 Å². The third-order valence-corrected chi connectivity index (χ3v) is 3.60. The summed E-state index contributed by atoms with van der Waals surface area (Å²) in [5.74, 6) is 1.40. The lowest BCUT2D eigenvalue weighted by molar-refractivity contribution is -0.0410. The van der Waals surface area contributed by atoms with Gasteiger partial charge in [0.2, 0.25) is 0 Å². The Morgan fingerprint density at radius 1 is 1.05 bits per heavy atom. The molecule has 0 bridgehead atoms. The molecule has 0 amide bonds. The van der Waals surface area contributed by atoms with Crippen LogP contribution in [0.3, 0.4) is 0 Å². The Bertz CT molecular complexity index is 556. The number of rotatable bonds is 6. The molecule has 0 fully saturated rings. The van der Waals surface area contributed by atoms with Crippen LogP contribution in [0.4, 0.5) is 0 Å². The molecule has 0 saturated heterocycles. The first-order chi connectivity index (χ1) is 10.1. The van der Waals surface area contributed by atoms with Gasteiger partial charge < -0.3 is 20.3 Å². The second-order valence-corrected chi connectivity index (χ2v) is 5.00. The number of aliphatic hydroxyl groups excluding tert-OH is 1. The molecular weight excluding hydrogens is 266 g/mol. The molecule has 0 heterocycles. The van der Waals surface area contributed by atoms with E-state index in [1.54, 1.807) is 7.11 Å². The van der Waals surface area contributed by atoms with Crippen LogP contribution in [-0.2, 0) is 5.60 Å². The van der Waals surface area contributed by atoms with Gasteiger partial charge in [-0.1, -0.05) is 30.3 Å². The zero-order valence-corrected chi connectivity index (χ0v) is 12.3. The summed E-state index contributed by atoms with van der Waals surface area (Å²) in [7, 11) is 1.61. The minimum atomic E-state index is -0.912. The third kappa shape index (κ3) is 3.35. The van der Waals surface area contributed by atoms with E-state index in [9.17, 15) is 5.11 Å². The first-order valence-corrected chi connectivity index (χ1v) is 6.87. The lowest BCUT2D eigenvalue weighted by Crippen LogP contribution is -2.46. The number of ether oxygens (including phenoxy) is 2. The van der Waals surface area contributed by atoms with Crippen molar-refractivity contribution in [2.75, 3.05) is 13.7 Å². The van der Waals surface area contributed by atoms with E-state index < -0.39 is 11.7 Å². The summed E-state index contributed by atoms with van der Waals surface area (Å²) in [5.41, 5.74) is 5.61. The van der Waals surface area contributed by atoms with Crippen LogP contribution in [0.5, 0.6) is 11.5 Å². The molecule has 2 aromatic rings. The third-order valence-electron chi connectivity index (χ3n) is 3.60. The van der Waals surface area contributed by atoms with Crippen molar-refractivity contribution in [1.82, 2.24) is 0 Å². The van der Waals surface area contributed by atoms with Gasteiger partial charge in [0.1, 0.15) is 17.6 Å². The van der Waals surface area contributed by atoms with Gasteiger partial charge in [-0.2, -0.15) is 0 Å². The highest BCUT2D eigenvalue weighted by Gasteiger charge is 2.36. The lowest BCUT2D eigenvalue weighted by Gasteiger charge is -2.35. The molecule has 0 radical (unpaired) electrons. The normalized spacial score (nSPS) is 15.0. The van der Waals surface area contributed by atoms with Crippen molar-refractivity contribution < 1.29 is 14.6 Å². The zero-order chi connectivity index (χ0) is 15.3. The Kier molecular flexibility index (Phi) is 4.83. The molecule has 0 aromatic heterocycles. The topological polar surface area (TPSA) is 64.7 Å². The van der Waals surface area contributed by atoms with Gasteiger partial charge in [0.15, 0.2) is 5.60 Å². The fourth-order valence-electron chi connectivity index (χ4n) is 2.20. The predicted octanol–water partition coefficient (Wildman–Crippen LogP) is 2.31. The number of hydrogen-bond donors (Lipinski definition) is 2. The second kappa shape index (κ2) is 6.61. The van der Waals surface area contributed by atoms with Crippen molar-refractivity contribution in [2.45, 2.75) is 18.6 Å². The smallest absolute Gasteiger partial charge is 0.158 e. The van der Waals surface area contributed by atoms with Crippen LogP contribution in [0, 0.1) is 0 Å². The van der Waals surface area contributed by atoms with Gasteiger partial charge in [0, 0.05) is 6.54 Å². The van der Waals surface area contributed by atoms with E-state index in [2.05, 4.69) is 0 Å². The van der Waals surface area contributed by atoms with Gasteiger partial charge in [-0.3, -0.25) is 0 Å². The summed E-state index contributed by atoms with van der Waals surface area (Å²) in [6.45, 7) is 1.95. The van der Waals surface area contributed by atoms with Crippen LogP contribution in [-0.4, -0.2) is 24.9 Å². The molecule has 0 spiro atoms. The fraction of sp³-hybridized carbons (Fsp3) is 0.294. The second-order valence-electron chi connectivity index (χ2n) is 5.00. The minimum Gasteiger partial charge on any atom is -0.497 e. The number of aliphatic hydroxyl groups is 1. The highest BCUT2D eigenvalue weighted by molar-refractivity contribution is 5.33. The minimum absolute atomic E-state index is 0.113. The Hall–Kier alpha value is -2.04. The van der Waals surface area contributed by atoms with E-state index in [0.29, 0.717) is 5.75 Å². The van der Waals surface area contributed by atoms with Crippen LogP contribution in [0.25, 0.3) is 0 Å². The van der Waals surface area contributed by atoms with Gasteiger partial charge in [-0.05, 0) is 36.8 Å². The van der Waals surface area contributed by atoms with Crippen LogP contribution in [0.2, 0.25) is 0 Å². The van der Waals surface area contributed by atoms with E-state index in [1.165, 1.54) is 0 Å². The first-order valence-electron chi connectivity index (χ1n) is 6.87. The Labute approximate surface area is 125 Å². The molecule has 2 rings (SSSR count). The Balaban J connectivity index is 2.32. The van der Waals surface area contributed by atoms with Crippen LogP contribution in [0.1, 0.15) is 12.5 Å². The van der Waals surface area contributed by atoms with Gasteiger partial charge >= 0.3 is 0 Å². The van der Waals surface area contributed by atoms with Gasteiger partial charge in [-0.25, -0.2) is 0 Å². The quantitative estimate of drug-likeness (QED) is 0.855. The van der Waals surface area contributed by atoms with Crippen molar-refractivity contribution >= 4 is 0 Å². The van der Waals surface area contributed by atoms with Crippen LogP contribution in [0.15, 0.2) is 54.6 Å². The summed E-state index contributed by atoms with van der Waals surface area (Å²) in [6.07, 6.45) is -0.818. The maximum absolute atomic E-state index is 10.3. The Morgan fingerprint density at radius 2 is 1.62 bits per heavy atom. The van der Waals surface area contributed by atoms with Crippen molar-refractivity contribution in [3.63, 3.8) is 0 Å².